The first kappa shape index (κ1) is 14.8. The van der Waals surface area contributed by atoms with Gasteiger partial charge in [-0.25, -0.2) is 0 Å². The van der Waals surface area contributed by atoms with E-state index >= 15 is 0 Å². The molecule has 0 saturated carbocycles. The fourth-order valence-electron chi connectivity index (χ4n) is 2.74. The van der Waals surface area contributed by atoms with Crippen LogP contribution in [0.4, 0.5) is 0 Å². The van der Waals surface area contributed by atoms with E-state index in [1.54, 1.807) is 0 Å². The van der Waals surface area contributed by atoms with Gasteiger partial charge in [-0.2, -0.15) is 0 Å². The summed E-state index contributed by atoms with van der Waals surface area (Å²) in [6.07, 6.45) is 5.43. The summed E-state index contributed by atoms with van der Waals surface area (Å²) in [5, 5.41) is 6.50. The number of morpholine rings is 1. The lowest BCUT2D eigenvalue weighted by Gasteiger charge is -2.26. The van der Waals surface area contributed by atoms with Crippen LogP contribution in [0.1, 0.15) is 32.1 Å². The number of nitrogens with zero attached hydrogens (tertiary/aromatic N) is 1. The van der Waals surface area contributed by atoms with Gasteiger partial charge in [0.25, 0.3) is 0 Å². The van der Waals surface area contributed by atoms with Gasteiger partial charge in [-0.3, -0.25) is 9.69 Å². The molecule has 1 atom stereocenters. The Balaban J connectivity index is 1.49. The van der Waals surface area contributed by atoms with Crippen molar-refractivity contribution in [2.75, 3.05) is 45.9 Å². The third-order valence-corrected chi connectivity index (χ3v) is 3.99. The van der Waals surface area contributed by atoms with Crippen LogP contribution in [0.5, 0.6) is 0 Å². The van der Waals surface area contributed by atoms with Crippen molar-refractivity contribution in [2.24, 2.45) is 0 Å². The molecule has 0 bridgehead atoms. The van der Waals surface area contributed by atoms with Crippen LogP contribution in [0.15, 0.2) is 0 Å². The first-order valence-electron chi connectivity index (χ1n) is 7.65. The zero-order valence-electron chi connectivity index (χ0n) is 11.8. The maximum absolute atomic E-state index is 11.7. The SMILES string of the molecule is O=C(CCC1CCCCN1)NCCN1CCOCC1. The van der Waals surface area contributed by atoms with Crippen LogP contribution in [-0.2, 0) is 9.53 Å². The van der Waals surface area contributed by atoms with Gasteiger partial charge in [0.1, 0.15) is 0 Å². The highest BCUT2D eigenvalue weighted by atomic mass is 16.5. The minimum Gasteiger partial charge on any atom is -0.379 e. The van der Waals surface area contributed by atoms with E-state index in [0.29, 0.717) is 12.5 Å². The van der Waals surface area contributed by atoms with Crippen molar-refractivity contribution in [1.29, 1.82) is 0 Å². The van der Waals surface area contributed by atoms with Gasteiger partial charge in [0, 0.05) is 38.6 Å². The Kier molecular flexibility index (Phi) is 6.61. The molecule has 0 aromatic heterocycles. The highest BCUT2D eigenvalue weighted by Gasteiger charge is 2.14. The zero-order chi connectivity index (χ0) is 13.3. The number of hydrogen-bond donors (Lipinski definition) is 2. The monoisotopic (exact) mass is 269 g/mol. The second-order valence-corrected chi connectivity index (χ2v) is 5.49. The van der Waals surface area contributed by atoms with Crippen molar-refractivity contribution in [3.8, 4) is 0 Å². The van der Waals surface area contributed by atoms with Crippen LogP contribution in [-0.4, -0.2) is 62.8 Å². The van der Waals surface area contributed by atoms with Crippen LogP contribution in [0, 0.1) is 0 Å². The fourth-order valence-corrected chi connectivity index (χ4v) is 2.74. The van der Waals surface area contributed by atoms with Crippen molar-refractivity contribution >= 4 is 5.91 Å². The van der Waals surface area contributed by atoms with E-state index in [4.69, 9.17) is 4.74 Å². The average molecular weight is 269 g/mol. The molecule has 19 heavy (non-hydrogen) atoms. The Morgan fingerprint density at radius 2 is 2.16 bits per heavy atom. The number of ether oxygens (including phenoxy) is 1. The molecular weight excluding hydrogens is 242 g/mol. The highest BCUT2D eigenvalue weighted by Crippen LogP contribution is 2.11. The molecule has 1 amide bonds. The zero-order valence-corrected chi connectivity index (χ0v) is 11.8. The Bertz CT molecular complexity index is 261. The van der Waals surface area contributed by atoms with E-state index in [-0.39, 0.29) is 5.91 Å². The van der Waals surface area contributed by atoms with Crippen LogP contribution in [0.2, 0.25) is 0 Å². The molecule has 2 heterocycles. The largest absolute Gasteiger partial charge is 0.379 e. The number of piperidine rings is 1. The molecule has 5 heteroatoms. The summed E-state index contributed by atoms with van der Waals surface area (Å²) >= 11 is 0. The van der Waals surface area contributed by atoms with Gasteiger partial charge in [-0.05, 0) is 25.8 Å². The topological polar surface area (TPSA) is 53.6 Å². The van der Waals surface area contributed by atoms with E-state index in [9.17, 15) is 4.79 Å². The van der Waals surface area contributed by atoms with Gasteiger partial charge in [0.05, 0.1) is 13.2 Å². The van der Waals surface area contributed by atoms with Crippen LogP contribution in [0.3, 0.4) is 0 Å². The Morgan fingerprint density at radius 3 is 2.89 bits per heavy atom. The molecule has 0 aromatic carbocycles. The third-order valence-electron chi connectivity index (χ3n) is 3.99. The second kappa shape index (κ2) is 8.51. The van der Waals surface area contributed by atoms with E-state index in [1.165, 1.54) is 19.3 Å². The van der Waals surface area contributed by atoms with Crippen LogP contribution < -0.4 is 10.6 Å². The summed E-state index contributed by atoms with van der Waals surface area (Å²) in [6.45, 7) is 6.43. The predicted octanol–water partition coefficient (Wildman–Crippen LogP) is 0.357. The summed E-state index contributed by atoms with van der Waals surface area (Å²) in [5.41, 5.74) is 0. The van der Waals surface area contributed by atoms with Crippen molar-refractivity contribution in [2.45, 2.75) is 38.1 Å². The number of hydrogen-bond acceptors (Lipinski definition) is 4. The Morgan fingerprint density at radius 1 is 1.32 bits per heavy atom. The first-order chi connectivity index (χ1) is 9.34. The van der Waals surface area contributed by atoms with Crippen LogP contribution in [0.25, 0.3) is 0 Å². The minimum atomic E-state index is 0.195. The lowest BCUT2D eigenvalue weighted by molar-refractivity contribution is -0.121. The van der Waals surface area contributed by atoms with Crippen molar-refractivity contribution in [1.82, 2.24) is 15.5 Å². The van der Waals surface area contributed by atoms with Gasteiger partial charge in [0.2, 0.25) is 5.91 Å². The van der Waals surface area contributed by atoms with E-state index in [1.807, 2.05) is 0 Å². The summed E-state index contributed by atoms with van der Waals surface area (Å²) < 4.78 is 5.30. The summed E-state index contributed by atoms with van der Waals surface area (Å²) in [4.78, 5) is 14.1. The number of carbonyl (C=O) groups is 1. The molecular formula is C14H27N3O2. The maximum Gasteiger partial charge on any atom is 0.220 e. The van der Waals surface area contributed by atoms with E-state index in [0.717, 1.165) is 52.4 Å². The van der Waals surface area contributed by atoms with E-state index in [2.05, 4.69) is 15.5 Å². The highest BCUT2D eigenvalue weighted by molar-refractivity contribution is 5.75. The molecule has 0 aromatic rings. The maximum atomic E-state index is 11.7. The molecule has 0 spiro atoms. The molecule has 2 saturated heterocycles. The minimum absolute atomic E-state index is 0.195. The number of nitrogens with one attached hydrogen (secondary N) is 2. The number of rotatable bonds is 6. The molecule has 5 nitrogen and oxygen atoms in total. The molecule has 2 N–H and O–H groups in total. The normalized spacial score (nSPS) is 25.2. The molecule has 2 fully saturated rings. The number of carbonyl (C=O) groups excluding carboxylic acids is 1. The second-order valence-electron chi connectivity index (χ2n) is 5.49. The lowest BCUT2D eigenvalue weighted by Crippen LogP contribution is -2.41. The Labute approximate surface area is 116 Å². The predicted molar refractivity (Wildman–Crippen MR) is 75.1 cm³/mol. The van der Waals surface area contributed by atoms with Gasteiger partial charge in [0.15, 0.2) is 0 Å². The van der Waals surface area contributed by atoms with Gasteiger partial charge >= 0.3 is 0 Å². The molecule has 2 rings (SSSR count). The summed E-state index contributed by atoms with van der Waals surface area (Å²) in [7, 11) is 0. The smallest absolute Gasteiger partial charge is 0.220 e. The van der Waals surface area contributed by atoms with Crippen molar-refractivity contribution in [3.05, 3.63) is 0 Å². The van der Waals surface area contributed by atoms with Crippen molar-refractivity contribution in [3.63, 3.8) is 0 Å². The quantitative estimate of drug-likeness (QED) is 0.731. The summed E-state index contributed by atoms with van der Waals surface area (Å²) in [5.74, 6) is 0.195. The molecule has 1 unspecified atom stereocenters. The average Bonchev–Trinajstić information content (AvgIpc) is 2.47. The van der Waals surface area contributed by atoms with Gasteiger partial charge < -0.3 is 15.4 Å². The standard InChI is InChI=1S/C14H27N3O2/c18-14(5-4-13-3-1-2-6-15-13)16-7-8-17-9-11-19-12-10-17/h13,15H,1-12H2,(H,16,18). The summed E-state index contributed by atoms with van der Waals surface area (Å²) in [6, 6.07) is 0.554. The van der Waals surface area contributed by atoms with E-state index < -0.39 is 0 Å². The first-order valence-corrected chi connectivity index (χ1v) is 7.65. The Hall–Kier alpha value is -0.650. The van der Waals surface area contributed by atoms with Crippen LogP contribution >= 0.6 is 0 Å². The molecule has 0 radical (unpaired) electrons. The van der Waals surface area contributed by atoms with Gasteiger partial charge in [-0.1, -0.05) is 6.42 Å². The fraction of sp³-hybridized carbons (Fsp3) is 0.929. The molecule has 0 aliphatic carbocycles. The third kappa shape index (κ3) is 5.89. The molecule has 2 aliphatic heterocycles. The van der Waals surface area contributed by atoms with Gasteiger partial charge in [-0.15, -0.1) is 0 Å². The molecule has 2 aliphatic rings. The van der Waals surface area contributed by atoms with Crippen molar-refractivity contribution < 1.29 is 9.53 Å². The lowest BCUT2D eigenvalue weighted by atomic mass is 10.0. The number of amides is 1. The molecule has 110 valence electrons.